The smallest absolute Gasteiger partial charge is 0.405 e. The van der Waals surface area contributed by atoms with Gasteiger partial charge in [0, 0.05) is 27.6 Å². The summed E-state index contributed by atoms with van der Waals surface area (Å²) in [7, 11) is 3.35. The predicted molar refractivity (Wildman–Crippen MR) is 98.6 cm³/mol. The minimum absolute atomic E-state index is 0.0658. The molecular weight excluding hydrogens is 354 g/mol. The van der Waals surface area contributed by atoms with E-state index in [1.807, 2.05) is 6.07 Å². The van der Waals surface area contributed by atoms with Crippen LogP contribution in [0, 0.1) is 0 Å². The second-order valence-electron chi connectivity index (χ2n) is 7.53. The van der Waals surface area contributed by atoms with E-state index in [1.54, 1.807) is 18.7 Å². The van der Waals surface area contributed by atoms with Crippen molar-refractivity contribution >= 4 is 28.5 Å². The molecule has 0 unspecified atom stereocenters. The number of aromatic carboxylic acids is 1. The Morgan fingerprint density at radius 2 is 2.04 bits per heavy atom. The van der Waals surface area contributed by atoms with Crippen LogP contribution in [0.2, 0.25) is 5.02 Å². The third-order valence-corrected chi connectivity index (χ3v) is 4.91. The lowest BCUT2D eigenvalue weighted by molar-refractivity contribution is -0.682. The van der Waals surface area contributed by atoms with Crippen LogP contribution in [-0.4, -0.2) is 31.1 Å². The minimum Gasteiger partial charge on any atom is -0.473 e. The summed E-state index contributed by atoms with van der Waals surface area (Å²) in [5.74, 6) is -0.140. The molecule has 0 saturated carbocycles. The first-order valence-corrected chi connectivity index (χ1v) is 8.79. The van der Waals surface area contributed by atoms with Crippen molar-refractivity contribution < 1.29 is 14.5 Å². The molecule has 0 atom stereocenters. The molecular formula is C18H23ClN5O2+. The third kappa shape index (κ3) is 3.19. The van der Waals surface area contributed by atoms with Gasteiger partial charge in [-0.25, -0.2) is 9.36 Å². The molecule has 0 fully saturated rings. The molecule has 0 bridgehead atoms. The summed E-state index contributed by atoms with van der Waals surface area (Å²) in [4.78, 5) is 11.3. The van der Waals surface area contributed by atoms with Gasteiger partial charge in [0.25, 0.3) is 5.82 Å². The molecule has 0 aliphatic heterocycles. The van der Waals surface area contributed by atoms with Gasteiger partial charge in [-0.05, 0) is 29.5 Å². The van der Waals surface area contributed by atoms with Gasteiger partial charge in [0.2, 0.25) is 0 Å². The standard InChI is InChI=1S/C18H22ClN5O2/c1-18(2,3)11-8-10-13(20-21-14(10)9-12(11)19)6-7-15-22-24(5)16(17(25)26)23(15)4/h8-9H,6-7H2,1-5H3,(H-,20,21,25,26)/p+1. The highest BCUT2D eigenvalue weighted by Crippen LogP contribution is 2.33. The number of fused-ring (bicyclic) bond motifs is 1. The van der Waals surface area contributed by atoms with Crippen LogP contribution in [-0.2, 0) is 32.4 Å². The number of carbonyl (C=O) groups is 1. The van der Waals surface area contributed by atoms with Crippen molar-refractivity contribution in [2.75, 3.05) is 0 Å². The first kappa shape index (κ1) is 18.4. The molecule has 0 saturated heterocycles. The fraction of sp³-hybridized carbons (Fsp3) is 0.444. The van der Waals surface area contributed by atoms with Crippen molar-refractivity contribution in [1.82, 2.24) is 20.0 Å². The summed E-state index contributed by atoms with van der Waals surface area (Å²) in [6, 6.07) is 3.98. The molecule has 0 spiro atoms. The summed E-state index contributed by atoms with van der Waals surface area (Å²) in [6.07, 6.45) is 1.27. The highest BCUT2D eigenvalue weighted by molar-refractivity contribution is 6.32. The number of halogens is 1. The quantitative estimate of drug-likeness (QED) is 0.685. The SMILES string of the molecule is Cn1nc(CCc2[nH]nc3cc(Cl)c(C(C)(C)C)cc23)[n+](C)c1C(=O)O. The van der Waals surface area contributed by atoms with E-state index in [1.165, 1.54) is 4.68 Å². The van der Waals surface area contributed by atoms with Crippen LogP contribution in [0.25, 0.3) is 10.9 Å². The van der Waals surface area contributed by atoms with Gasteiger partial charge in [-0.2, -0.15) is 5.10 Å². The van der Waals surface area contributed by atoms with Gasteiger partial charge in [0.15, 0.2) is 0 Å². The van der Waals surface area contributed by atoms with Crippen molar-refractivity contribution in [3.05, 3.63) is 40.1 Å². The molecule has 7 nitrogen and oxygen atoms in total. The molecule has 0 radical (unpaired) electrons. The van der Waals surface area contributed by atoms with Crippen molar-refractivity contribution in [3.8, 4) is 0 Å². The van der Waals surface area contributed by atoms with Crippen LogP contribution in [0.3, 0.4) is 0 Å². The van der Waals surface area contributed by atoms with Gasteiger partial charge in [-0.1, -0.05) is 32.4 Å². The average molecular weight is 377 g/mol. The fourth-order valence-electron chi connectivity index (χ4n) is 3.21. The largest absolute Gasteiger partial charge is 0.473 e. The second-order valence-corrected chi connectivity index (χ2v) is 7.94. The maximum Gasteiger partial charge on any atom is 0.405 e. The zero-order valence-electron chi connectivity index (χ0n) is 15.6. The number of benzene rings is 1. The van der Waals surface area contributed by atoms with Crippen LogP contribution in [0.4, 0.5) is 0 Å². The molecule has 1 aromatic carbocycles. The number of rotatable bonds is 4. The van der Waals surface area contributed by atoms with E-state index in [9.17, 15) is 9.90 Å². The average Bonchev–Trinajstić information content (AvgIpc) is 3.03. The van der Waals surface area contributed by atoms with Gasteiger partial charge in [0.1, 0.15) is 0 Å². The predicted octanol–water partition coefficient (Wildman–Crippen LogP) is 2.56. The van der Waals surface area contributed by atoms with E-state index in [0.29, 0.717) is 23.7 Å². The Kier molecular flexibility index (Phi) is 4.52. The molecule has 2 N–H and O–H groups in total. The number of nitrogens with zero attached hydrogens (tertiary/aromatic N) is 4. The van der Waals surface area contributed by atoms with E-state index in [0.717, 1.165) is 22.2 Å². The summed E-state index contributed by atoms with van der Waals surface area (Å²) in [5.41, 5.74) is 2.83. The number of aromatic amines is 1. The third-order valence-electron chi connectivity index (χ3n) is 4.60. The molecule has 0 aliphatic rings. The molecule has 0 aliphatic carbocycles. The van der Waals surface area contributed by atoms with Gasteiger partial charge in [-0.15, -0.1) is 4.68 Å². The van der Waals surface area contributed by atoms with Gasteiger partial charge in [0.05, 0.1) is 19.6 Å². The Hall–Kier alpha value is -2.41. The summed E-state index contributed by atoms with van der Waals surface area (Å²) in [6.45, 7) is 6.38. The number of hydrogen-bond acceptors (Lipinski definition) is 3. The van der Waals surface area contributed by atoms with Crippen molar-refractivity contribution in [2.24, 2.45) is 14.1 Å². The molecule has 2 aromatic heterocycles. The summed E-state index contributed by atoms with van der Waals surface area (Å²) >= 11 is 6.42. The zero-order chi connectivity index (χ0) is 19.2. The maximum absolute atomic E-state index is 11.3. The highest BCUT2D eigenvalue weighted by Gasteiger charge is 2.27. The molecule has 3 aromatic rings. The Morgan fingerprint density at radius 3 is 2.62 bits per heavy atom. The zero-order valence-corrected chi connectivity index (χ0v) is 16.3. The lowest BCUT2D eigenvalue weighted by Crippen LogP contribution is -2.39. The molecule has 8 heteroatoms. The number of hydrogen-bond donors (Lipinski definition) is 2. The maximum atomic E-state index is 11.3. The number of carboxylic acids is 1. The molecule has 26 heavy (non-hydrogen) atoms. The van der Waals surface area contributed by atoms with E-state index >= 15 is 0 Å². The van der Waals surface area contributed by atoms with E-state index in [-0.39, 0.29) is 11.2 Å². The lowest BCUT2D eigenvalue weighted by atomic mass is 9.86. The number of aryl methyl sites for hydroxylation is 3. The second kappa shape index (κ2) is 6.39. The van der Waals surface area contributed by atoms with Crippen LogP contribution in [0.15, 0.2) is 12.1 Å². The van der Waals surface area contributed by atoms with E-state index in [4.69, 9.17) is 11.6 Å². The number of H-pyrrole nitrogens is 1. The van der Waals surface area contributed by atoms with E-state index in [2.05, 4.69) is 42.1 Å². The lowest BCUT2D eigenvalue weighted by Gasteiger charge is -2.20. The normalized spacial score (nSPS) is 12.1. The molecule has 0 amide bonds. The van der Waals surface area contributed by atoms with Crippen LogP contribution >= 0.6 is 11.6 Å². The highest BCUT2D eigenvalue weighted by atomic mass is 35.5. The minimum atomic E-state index is -0.995. The van der Waals surface area contributed by atoms with E-state index < -0.39 is 5.97 Å². The fourth-order valence-corrected chi connectivity index (χ4v) is 3.65. The molecule has 2 heterocycles. The Labute approximate surface area is 156 Å². The number of aromatic nitrogens is 5. The van der Waals surface area contributed by atoms with Crippen molar-refractivity contribution in [1.29, 1.82) is 0 Å². The Bertz CT molecular complexity index is 997. The van der Waals surface area contributed by atoms with Gasteiger partial charge in [-0.3, -0.25) is 5.10 Å². The first-order valence-electron chi connectivity index (χ1n) is 8.41. The van der Waals surface area contributed by atoms with Crippen molar-refractivity contribution in [3.63, 3.8) is 0 Å². The first-order chi connectivity index (χ1) is 12.1. The van der Waals surface area contributed by atoms with Crippen LogP contribution in [0.1, 0.15) is 48.5 Å². The molecule has 3 rings (SSSR count). The van der Waals surface area contributed by atoms with Crippen LogP contribution < -0.4 is 4.57 Å². The Balaban J connectivity index is 1.93. The summed E-state index contributed by atoms with van der Waals surface area (Å²) in [5, 5.41) is 22.8. The number of nitrogens with one attached hydrogen (secondary N) is 1. The Morgan fingerprint density at radius 1 is 1.35 bits per heavy atom. The number of carboxylic acid groups (broad SMARTS) is 1. The molecule has 138 valence electrons. The topological polar surface area (TPSA) is 87.7 Å². The van der Waals surface area contributed by atoms with Gasteiger partial charge >= 0.3 is 11.8 Å². The summed E-state index contributed by atoms with van der Waals surface area (Å²) < 4.78 is 3.00. The monoisotopic (exact) mass is 376 g/mol. The van der Waals surface area contributed by atoms with Crippen molar-refractivity contribution in [2.45, 2.75) is 39.0 Å². The van der Waals surface area contributed by atoms with Gasteiger partial charge < -0.3 is 5.11 Å². The van der Waals surface area contributed by atoms with Crippen LogP contribution in [0.5, 0.6) is 0 Å².